The lowest BCUT2D eigenvalue weighted by Crippen LogP contribution is -2.42. The van der Waals surface area contributed by atoms with Crippen LogP contribution in [0, 0.1) is 13.8 Å². The SMILES string of the molecule is Cc1nc2c(Cl)cccc2c(NCC(C)(O)C(=O)O)c1C. The zero-order valence-electron chi connectivity index (χ0n) is 12.1. The first-order valence-corrected chi connectivity index (χ1v) is 6.87. The molecule has 1 atom stereocenters. The van der Waals surface area contributed by atoms with Crippen LogP contribution in [0.25, 0.3) is 10.9 Å². The number of para-hydroxylation sites is 1. The maximum atomic E-state index is 11.0. The molecule has 0 aliphatic heterocycles. The molecule has 1 unspecified atom stereocenters. The summed E-state index contributed by atoms with van der Waals surface area (Å²) in [5.41, 5.74) is 1.23. The van der Waals surface area contributed by atoms with Crippen LogP contribution in [0.15, 0.2) is 18.2 Å². The molecule has 21 heavy (non-hydrogen) atoms. The molecule has 0 saturated carbocycles. The number of benzene rings is 1. The van der Waals surface area contributed by atoms with Gasteiger partial charge in [0.05, 0.1) is 17.1 Å². The lowest BCUT2D eigenvalue weighted by Gasteiger charge is -2.21. The number of nitrogens with zero attached hydrogens (tertiary/aromatic N) is 1. The smallest absolute Gasteiger partial charge is 0.337 e. The number of nitrogens with one attached hydrogen (secondary N) is 1. The molecule has 0 bridgehead atoms. The molecule has 1 aromatic carbocycles. The molecular weight excluding hydrogens is 292 g/mol. The molecule has 0 saturated heterocycles. The second kappa shape index (κ2) is 5.50. The minimum Gasteiger partial charge on any atom is -0.479 e. The third-order valence-corrected chi connectivity index (χ3v) is 3.83. The van der Waals surface area contributed by atoms with E-state index in [1.54, 1.807) is 6.07 Å². The number of aliphatic carboxylic acids is 1. The highest BCUT2D eigenvalue weighted by atomic mass is 35.5. The Balaban J connectivity index is 2.50. The van der Waals surface area contributed by atoms with Gasteiger partial charge in [-0.05, 0) is 32.4 Å². The van der Waals surface area contributed by atoms with Crippen LogP contribution in [-0.2, 0) is 4.79 Å². The van der Waals surface area contributed by atoms with E-state index in [0.717, 1.165) is 22.3 Å². The molecule has 2 aromatic rings. The second-order valence-corrected chi connectivity index (χ2v) is 5.67. The van der Waals surface area contributed by atoms with Gasteiger partial charge >= 0.3 is 5.97 Å². The summed E-state index contributed by atoms with van der Waals surface area (Å²) in [5.74, 6) is -1.28. The summed E-state index contributed by atoms with van der Waals surface area (Å²) >= 11 is 6.16. The first-order chi connectivity index (χ1) is 9.74. The number of pyridine rings is 1. The summed E-state index contributed by atoms with van der Waals surface area (Å²) in [5, 5.41) is 23.2. The number of rotatable bonds is 4. The first-order valence-electron chi connectivity index (χ1n) is 6.49. The molecule has 0 aliphatic rings. The van der Waals surface area contributed by atoms with Gasteiger partial charge in [-0.2, -0.15) is 0 Å². The van der Waals surface area contributed by atoms with Crippen LogP contribution in [0.1, 0.15) is 18.2 Å². The Morgan fingerprint density at radius 1 is 1.43 bits per heavy atom. The van der Waals surface area contributed by atoms with Crippen LogP contribution in [0.2, 0.25) is 5.02 Å². The van der Waals surface area contributed by atoms with E-state index < -0.39 is 11.6 Å². The Morgan fingerprint density at radius 3 is 2.71 bits per heavy atom. The number of aryl methyl sites for hydroxylation is 1. The van der Waals surface area contributed by atoms with E-state index in [4.69, 9.17) is 16.7 Å². The molecule has 0 radical (unpaired) electrons. The van der Waals surface area contributed by atoms with Crippen molar-refractivity contribution in [3.05, 3.63) is 34.5 Å². The maximum absolute atomic E-state index is 11.0. The van der Waals surface area contributed by atoms with Crippen LogP contribution < -0.4 is 5.32 Å². The van der Waals surface area contributed by atoms with Gasteiger partial charge in [0.15, 0.2) is 5.60 Å². The van der Waals surface area contributed by atoms with Gasteiger partial charge in [-0.25, -0.2) is 4.79 Å². The summed E-state index contributed by atoms with van der Waals surface area (Å²) in [7, 11) is 0. The van der Waals surface area contributed by atoms with E-state index in [9.17, 15) is 9.90 Å². The number of aliphatic hydroxyl groups is 1. The summed E-state index contributed by atoms with van der Waals surface area (Å²) in [6.45, 7) is 4.88. The summed E-state index contributed by atoms with van der Waals surface area (Å²) in [6, 6.07) is 5.42. The normalized spacial score (nSPS) is 14.0. The van der Waals surface area contributed by atoms with E-state index in [2.05, 4.69) is 10.3 Å². The van der Waals surface area contributed by atoms with Gasteiger partial charge in [0, 0.05) is 16.8 Å². The van der Waals surface area contributed by atoms with Crippen LogP contribution in [0.4, 0.5) is 5.69 Å². The monoisotopic (exact) mass is 308 g/mol. The van der Waals surface area contributed by atoms with Crippen LogP contribution >= 0.6 is 11.6 Å². The molecule has 0 fully saturated rings. The van der Waals surface area contributed by atoms with Gasteiger partial charge < -0.3 is 15.5 Å². The number of carboxylic acids is 1. The standard InChI is InChI=1S/C15H17ClN2O3/c1-8-9(2)18-13-10(5-4-6-11(13)16)12(8)17-7-15(3,21)14(19)20/h4-6,21H,7H2,1-3H3,(H,17,18)(H,19,20). The Morgan fingerprint density at radius 2 is 2.10 bits per heavy atom. The third-order valence-electron chi connectivity index (χ3n) is 3.52. The van der Waals surface area contributed by atoms with Crippen LogP contribution in [0.5, 0.6) is 0 Å². The average Bonchev–Trinajstić information content (AvgIpc) is 2.40. The predicted molar refractivity (Wildman–Crippen MR) is 83.0 cm³/mol. The first kappa shape index (κ1) is 15.5. The molecule has 5 nitrogen and oxygen atoms in total. The van der Waals surface area contributed by atoms with Gasteiger partial charge in [-0.15, -0.1) is 0 Å². The number of anilines is 1. The summed E-state index contributed by atoms with van der Waals surface area (Å²) < 4.78 is 0. The van der Waals surface area contributed by atoms with Gasteiger partial charge in [0.2, 0.25) is 0 Å². The third kappa shape index (κ3) is 2.94. The number of fused-ring (bicyclic) bond motifs is 1. The van der Waals surface area contributed by atoms with Crippen LogP contribution in [-0.4, -0.2) is 33.3 Å². The minimum absolute atomic E-state index is 0.117. The quantitative estimate of drug-likeness (QED) is 0.809. The van der Waals surface area contributed by atoms with Crippen molar-refractivity contribution in [2.24, 2.45) is 0 Å². The molecule has 3 N–H and O–H groups in total. The van der Waals surface area contributed by atoms with E-state index >= 15 is 0 Å². The van der Waals surface area contributed by atoms with Gasteiger partial charge in [-0.1, -0.05) is 23.7 Å². The number of halogens is 1. The van der Waals surface area contributed by atoms with Crippen molar-refractivity contribution in [3.8, 4) is 0 Å². The Labute approximate surface area is 127 Å². The van der Waals surface area contributed by atoms with Crippen molar-refractivity contribution in [2.75, 3.05) is 11.9 Å². The molecule has 0 spiro atoms. The van der Waals surface area contributed by atoms with E-state index in [1.165, 1.54) is 6.92 Å². The summed E-state index contributed by atoms with van der Waals surface area (Å²) in [4.78, 5) is 15.5. The number of aromatic nitrogens is 1. The fourth-order valence-electron chi connectivity index (χ4n) is 2.03. The fourth-order valence-corrected chi connectivity index (χ4v) is 2.25. The highest BCUT2D eigenvalue weighted by molar-refractivity contribution is 6.35. The zero-order chi connectivity index (χ0) is 15.8. The largest absolute Gasteiger partial charge is 0.479 e. The molecule has 6 heteroatoms. The molecule has 1 aromatic heterocycles. The van der Waals surface area contributed by atoms with Crippen molar-refractivity contribution in [3.63, 3.8) is 0 Å². The van der Waals surface area contributed by atoms with Gasteiger partial charge in [-0.3, -0.25) is 4.98 Å². The number of carboxylic acid groups (broad SMARTS) is 1. The topological polar surface area (TPSA) is 82.5 Å². The van der Waals surface area contributed by atoms with Crippen molar-refractivity contribution in [1.82, 2.24) is 4.98 Å². The zero-order valence-corrected chi connectivity index (χ0v) is 12.8. The number of carbonyl (C=O) groups is 1. The van der Waals surface area contributed by atoms with Crippen molar-refractivity contribution >= 4 is 34.2 Å². The van der Waals surface area contributed by atoms with E-state index in [1.807, 2.05) is 26.0 Å². The fraction of sp³-hybridized carbons (Fsp3) is 0.333. The molecule has 1 heterocycles. The minimum atomic E-state index is -1.85. The van der Waals surface area contributed by atoms with Crippen molar-refractivity contribution in [2.45, 2.75) is 26.4 Å². The van der Waals surface area contributed by atoms with E-state index in [0.29, 0.717) is 10.5 Å². The lowest BCUT2D eigenvalue weighted by molar-refractivity contribution is -0.155. The van der Waals surface area contributed by atoms with Crippen LogP contribution in [0.3, 0.4) is 0 Å². The highest BCUT2D eigenvalue weighted by Crippen LogP contribution is 2.31. The van der Waals surface area contributed by atoms with Crippen molar-refractivity contribution in [1.29, 1.82) is 0 Å². The molecular formula is C15H17ClN2O3. The molecule has 0 aliphatic carbocycles. The Hall–Kier alpha value is -1.85. The van der Waals surface area contributed by atoms with E-state index in [-0.39, 0.29) is 6.54 Å². The Kier molecular flexibility index (Phi) is 4.07. The molecule has 112 valence electrons. The average molecular weight is 309 g/mol. The number of hydrogen-bond acceptors (Lipinski definition) is 4. The van der Waals surface area contributed by atoms with Gasteiger partial charge in [0.25, 0.3) is 0 Å². The van der Waals surface area contributed by atoms with Gasteiger partial charge in [0.1, 0.15) is 0 Å². The Bertz CT molecular complexity index is 714. The van der Waals surface area contributed by atoms with Crippen molar-refractivity contribution < 1.29 is 15.0 Å². The molecule has 0 amide bonds. The second-order valence-electron chi connectivity index (χ2n) is 5.27. The maximum Gasteiger partial charge on any atom is 0.337 e. The predicted octanol–water partition coefficient (Wildman–Crippen LogP) is 2.75. The highest BCUT2D eigenvalue weighted by Gasteiger charge is 2.30. The lowest BCUT2D eigenvalue weighted by atomic mass is 10.0. The number of hydrogen-bond donors (Lipinski definition) is 3. The molecule has 2 rings (SSSR count). The summed E-state index contributed by atoms with van der Waals surface area (Å²) in [6.07, 6.45) is 0.